The predicted octanol–water partition coefficient (Wildman–Crippen LogP) is 2.80. The van der Waals surface area contributed by atoms with E-state index in [0.29, 0.717) is 16.8 Å². The summed E-state index contributed by atoms with van der Waals surface area (Å²) in [6, 6.07) is 12.7. The van der Waals surface area contributed by atoms with Crippen LogP contribution in [0.5, 0.6) is 5.75 Å². The van der Waals surface area contributed by atoms with E-state index < -0.39 is 6.61 Å². The summed E-state index contributed by atoms with van der Waals surface area (Å²) < 4.78 is 29.0. The van der Waals surface area contributed by atoms with Crippen LogP contribution in [0.2, 0.25) is 0 Å². The predicted molar refractivity (Wildman–Crippen MR) is 75.1 cm³/mol. The number of nitrogens with two attached hydrogens (primary N) is 1. The Balaban J connectivity index is 2.02. The van der Waals surface area contributed by atoms with Gasteiger partial charge < -0.3 is 15.8 Å². The fourth-order valence-corrected chi connectivity index (χ4v) is 1.77. The number of anilines is 1. The number of halogens is 2. The average Bonchev–Trinajstić information content (AvgIpc) is 2.46. The summed E-state index contributed by atoms with van der Waals surface area (Å²) in [4.78, 5) is 11.9. The molecule has 2 aromatic rings. The fourth-order valence-electron chi connectivity index (χ4n) is 1.77. The molecule has 4 nitrogen and oxygen atoms in total. The minimum Gasteiger partial charge on any atom is -0.434 e. The molecule has 21 heavy (non-hydrogen) atoms. The summed E-state index contributed by atoms with van der Waals surface area (Å²) in [5.41, 5.74) is 7.01. The highest BCUT2D eigenvalue weighted by Crippen LogP contribution is 2.20. The molecule has 0 saturated heterocycles. The second-order valence-corrected chi connectivity index (χ2v) is 4.29. The second-order valence-electron chi connectivity index (χ2n) is 4.29. The third-order valence-electron chi connectivity index (χ3n) is 2.80. The molecule has 0 fully saturated rings. The van der Waals surface area contributed by atoms with E-state index in [2.05, 4.69) is 10.1 Å². The first-order valence-corrected chi connectivity index (χ1v) is 6.22. The molecule has 110 valence electrons. The third-order valence-corrected chi connectivity index (χ3v) is 2.80. The van der Waals surface area contributed by atoms with E-state index in [-0.39, 0.29) is 18.2 Å². The van der Waals surface area contributed by atoms with Crippen LogP contribution in [0.15, 0.2) is 48.5 Å². The number of amides is 1. The summed E-state index contributed by atoms with van der Waals surface area (Å²) in [7, 11) is 0. The minimum atomic E-state index is -2.90. The van der Waals surface area contributed by atoms with Gasteiger partial charge in [-0.15, -0.1) is 0 Å². The Bertz CT molecular complexity index is 615. The molecule has 0 unspecified atom stereocenters. The van der Waals surface area contributed by atoms with Gasteiger partial charge in [0, 0.05) is 23.4 Å². The summed E-state index contributed by atoms with van der Waals surface area (Å²) in [5, 5.41) is 2.64. The smallest absolute Gasteiger partial charge is 0.387 e. The lowest BCUT2D eigenvalue weighted by Crippen LogP contribution is -2.23. The quantitative estimate of drug-likeness (QED) is 0.833. The molecule has 6 heteroatoms. The van der Waals surface area contributed by atoms with Crippen molar-refractivity contribution in [3.05, 3.63) is 59.7 Å². The molecular formula is C15H14F2N2O2. The number of rotatable bonds is 5. The van der Waals surface area contributed by atoms with Crippen LogP contribution in [0.4, 0.5) is 14.5 Å². The Hall–Kier alpha value is -2.63. The minimum absolute atomic E-state index is 0.0464. The first-order chi connectivity index (χ1) is 10.1. The van der Waals surface area contributed by atoms with Crippen LogP contribution in [-0.4, -0.2) is 12.5 Å². The molecule has 0 bridgehead atoms. The van der Waals surface area contributed by atoms with Crippen molar-refractivity contribution < 1.29 is 18.3 Å². The van der Waals surface area contributed by atoms with Gasteiger partial charge >= 0.3 is 6.61 Å². The number of nitrogen functional groups attached to an aromatic ring is 1. The van der Waals surface area contributed by atoms with Gasteiger partial charge in [0.25, 0.3) is 5.91 Å². The van der Waals surface area contributed by atoms with Crippen molar-refractivity contribution in [2.75, 3.05) is 5.73 Å². The molecule has 2 rings (SSSR count). The number of ether oxygens (including phenoxy) is 1. The standard InChI is InChI=1S/C15H14F2N2O2/c16-15(17)21-13-4-2-1-3-11(13)9-19-14(20)10-5-7-12(18)8-6-10/h1-8,15H,9,18H2,(H,19,20). The lowest BCUT2D eigenvalue weighted by Gasteiger charge is -2.11. The van der Waals surface area contributed by atoms with Crippen molar-refractivity contribution in [1.82, 2.24) is 5.32 Å². The second kappa shape index (κ2) is 6.69. The largest absolute Gasteiger partial charge is 0.434 e. The summed E-state index contributed by atoms with van der Waals surface area (Å²) in [6.07, 6.45) is 0. The average molecular weight is 292 g/mol. The number of alkyl halides is 2. The van der Waals surface area contributed by atoms with Crippen LogP contribution in [0.25, 0.3) is 0 Å². The van der Waals surface area contributed by atoms with Gasteiger partial charge in [0.15, 0.2) is 0 Å². The van der Waals surface area contributed by atoms with E-state index in [0.717, 1.165) is 0 Å². The Morgan fingerprint density at radius 3 is 2.48 bits per heavy atom. The van der Waals surface area contributed by atoms with Crippen LogP contribution in [0, 0.1) is 0 Å². The normalized spacial score (nSPS) is 10.4. The number of nitrogens with one attached hydrogen (secondary N) is 1. The summed E-state index contributed by atoms with van der Waals surface area (Å²) in [5.74, 6) is -0.271. The van der Waals surface area contributed by atoms with Crippen LogP contribution >= 0.6 is 0 Å². The van der Waals surface area contributed by atoms with E-state index in [9.17, 15) is 13.6 Å². The summed E-state index contributed by atoms with van der Waals surface area (Å²) in [6.45, 7) is -2.81. The Labute approximate surface area is 120 Å². The van der Waals surface area contributed by atoms with Crippen LogP contribution in [0.3, 0.4) is 0 Å². The van der Waals surface area contributed by atoms with Crippen molar-refractivity contribution in [2.45, 2.75) is 13.2 Å². The van der Waals surface area contributed by atoms with E-state index in [4.69, 9.17) is 5.73 Å². The highest BCUT2D eigenvalue weighted by Gasteiger charge is 2.10. The maximum atomic E-state index is 12.3. The van der Waals surface area contributed by atoms with Gasteiger partial charge in [-0.3, -0.25) is 4.79 Å². The zero-order valence-electron chi connectivity index (χ0n) is 11.1. The van der Waals surface area contributed by atoms with E-state index in [1.807, 2.05) is 0 Å². The molecule has 0 aliphatic carbocycles. The van der Waals surface area contributed by atoms with Crippen LogP contribution in [0.1, 0.15) is 15.9 Å². The highest BCUT2D eigenvalue weighted by atomic mass is 19.3. The number of hydrogen-bond donors (Lipinski definition) is 2. The van der Waals surface area contributed by atoms with E-state index >= 15 is 0 Å². The van der Waals surface area contributed by atoms with Crippen molar-refractivity contribution in [3.8, 4) is 5.75 Å². The van der Waals surface area contributed by atoms with Gasteiger partial charge in [-0.1, -0.05) is 18.2 Å². The molecule has 2 aromatic carbocycles. The van der Waals surface area contributed by atoms with Gasteiger partial charge in [0.1, 0.15) is 5.75 Å². The van der Waals surface area contributed by atoms with Crippen molar-refractivity contribution in [3.63, 3.8) is 0 Å². The number of carbonyl (C=O) groups excluding carboxylic acids is 1. The molecule has 1 amide bonds. The monoisotopic (exact) mass is 292 g/mol. The lowest BCUT2D eigenvalue weighted by atomic mass is 10.1. The van der Waals surface area contributed by atoms with Gasteiger partial charge in [-0.25, -0.2) is 0 Å². The van der Waals surface area contributed by atoms with Gasteiger partial charge in [-0.05, 0) is 30.3 Å². The first kappa shape index (κ1) is 14.8. The maximum absolute atomic E-state index is 12.3. The molecule has 0 aromatic heterocycles. The first-order valence-electron chi connectivity index (χ1n) is 6.22. The van der Waals surface area contributed by atoms with E-state index in [1.54, 1.807) is 42.5 Å². The van der Waals surface area contributed by atoms with Crippen molar-refractivity contribution in [1.29, 1.82) is 0 Å². The molecule has 3 N–H and O–H groups in total. The number of hydrogen-bond acceptors (Lipinski definition) is 3. The zero-order valence-corrected chi connectivity index (χ0v) is 11.1. The van der Waals surface area contributed by atoms with Gasteiger partial charge in [0.2, 0.25) is 0 Å². The topological polar surface area (TPSA) is 64.4 Å². The molecule has 0 aliphatic rings. The SMILES string of the molecule is Nc1ccc(C(=O)NCc2ccccc2OC(F)F)cc1. The molecule has 0 heterocycles. The van der Waals surface area contributed by atoms with Gasteiger partial charge in [0.05, 0.1) is 0 Å². The maximum Gasteiger partial charge on any atom is 0.387 e. The van der Waals surface area contributed by atoms with Crippen molar-refractivity contribution >= 4 is 11.6 Å². The molecular weight excluding hydrogens is 278 g/mol. The third kappa shape index (κ3) is 4.17. The van der Waals surface area contributed by atoms with E-state index in [1.165, 1.54) is 6.07 Å². The fraction of sp³-hybridized carbons (Fsp3) is 0.133. The Morgan fingerprint density at radius 1 is 1.14 bits per heavy atom. The Morgan fingerprint density at radius 2 is 1.81 bits per heavy atom. The molecule has 0 aliphatic heterocycles. The molecule has 0 spiro atoms. The molecule has 0 radical (unpaired) electrons. The van der Waals surface area contributed by atoms with Gasteiger partial charge in [-0.2, -0.15) is 8.78 Å². The number of carbonyl (C=O) groups is 1. The van der Waals surface area contributed by atoms with Crippen LogP contribution < -0.4 is 15.8 Å². The molecule has 0 atom stereocenters. The number of para-hydroxylation sites is 1. The highest BCUT2D eigenvalue weighted by molar-refractivity contribution is 5.94. The zero-order chi connectivity index (χ0) is 15.2. The summed E-state index contributed by atoms with van der Waals surface area (Å²) >= 11 is 0. The van der Waals surface area contributed by atoms with Crippen molar-refractivity contribution in [2.24, 2.45) is 0 Å². The lowest BCUT2D eigenvalue weighted by molar-refractivity contribution is -0.0504. The van der Waals surface area contributed by atoms with Crippen LogP contribution in [-0.2, 0) is 6.54 Å². The molecule has 0 saturated carbocycles. The Kier molecular flexibility index (Phi) is 4.71. The number of benzene rings is 2.